The largest absolute Gasteiger partial charge is 0.508 e. The lowest BCUT2D eigenvalue weighted by Crippen LogP contribution is -2.18. The summed E-state index contributed by atoms with van der Waals surface area (Å²) >= 11 is 0. The highest BCUT2D eigenvalue weighted by molar-refractivity contribution is 5.47. The first-order valence-corrected chi connectivity index (χ1v) is 11.2. The SMILES string of the molecule is [CH]=Nc1ccc(OCc2cccc(COc3ccc(C(C)(C)c4ccc(O)cc4)cc3)c2)cc1. The van der Waals surface area contributed by atoms with Crippen molar-refractivity contribution in [2.75, 3.05) is 0 Å². The normalized spacial score (nSPS) is 11.1. The molecule has 0 amide bonds. The molecule has 0 fully saturated rings. The number of nitrogens with zero attached hydrogens (tertiary/aromatic N) is 1. The number of hydrogen-bond acceptors (Lipinski definition) is 4. The van der Waals surface area contributed by atoms with Crippen LogP contribution in [0.1, 0.15) is 36.1 Å². The second-order valence-electron chi connectivity index (χ2n) is 8.72. The van der Waals surface area contributed by atoms with Crippen LogP contribution in [-0.4, -0.2) is 11.8 Å². The Morgan fingerprint density at radius 3 is 1.68 bits per heavy atom. The van der Waals surface area contributed by atoms with Crippen molar-refractivity contribution in [3.63, 3.8) is 0 Å². The van der Waals surface area contributed by atoms with Crippen LogP contribution in [-0.2, 0) is 18.6 Å². The zero-order valence-electron chi connectivity index (χ0n) is 19.4. The van der Waals surface area contributed by atoms with Gasteiger partial charge < -0.3 is 14.6 Å². The van der Waals surface area contributed by atoms with E-state index < -0.39 is 0 Å². The van der Waals surface area contributed by atoms with Crippen LogP contribution in [0.5, 0.6) is 17.2 Å². The van der Waals surface area contributed by atoms with Gasteiger partial charge >= 0.3 is 0 Å². The standard InChI is InChI=1S/C30H28NO3/c1-30(2,24-7-13-27(32)14-8-24)25-9-15-28(16-10-25)33-20-22-5-4-6-23(19-22)21-34-29-17-11-26(31-3)12-18-29/h3-19,32H,20-21H2,1-2H3. The summed E-state index contributed by atoms with van der Waals surface area (Å²) in [6.07, 6.45) is 0. The summed E-state index contributed by atoms with van der Waals surface area (Å²) in [6.45, 7) is 10.6. The van der Waals surface area contributed by atoms with Crippen LogP contribution in [0.4, 0.5) is 5.69 Å². The third kappa shape index (κ3) is 5.65. The second-order valence-corrected chi connectivity index (χ2v) is 8.72. The quantitative estimate of drug-likeness (QED) is 0.277. The molecular formula is C30H28NO3. The van der Waals surface area contributed by atoms with Crippen LogP contribution in [0.3, 0.4) is 0 Å². The number of benzene rings is 4. The van der Waals surface area contributed by atoms with Crippen molar-refractivity contribution < 1.29 is 14.6 Å². The van der Waals surface area contributed by atoms with Crippen LogP contribution in [0, 0.1) is 0 Å². The van der Waals surface area contributed by atoms with Crippen molar-refractivity contribution in [3.05, 3.63) is 119 Å². The number of phenols is 1. The molecule has 0 aliphatic carbocycles. The van der Waals surface area contributed by atoms with E-state index in [0.717, 1.165) is 28.2 Å². The Labute approximate surface area is 201 Å². The molecule has 0 atom stereocenters. The lowest BCUT2D eigenvalue weighted by molar-refractivity contribution is 0.300. The Morgan fingerprint density at radius 1 is 0.706 bits per heavy atom. The Balaban J connectivity index is 1.35. The van der Waals surface area contributed by atoms with E-state index in [1.54, 1.807) is 12.1 Å². The fourth-order valence-corrected chi connectivity index (χ4v) is 3.78. The molecule has 0 aliphatic rings. The van der Waals surface area contributed by atoms with Gasteiger partial charge in [-0.2, -0.15) is 0 Å². The van der Waals surface area contributed by atoms with Crippen LogP contribution in [0.25, 0.3) is 0 Å². The molecule has 0 heterocycles. The van der Waals surface area contributed by atoms with Gasteiger partial charge in [0.2, 0.25) is 0 Å². The third-order valence-electron chi connectivity index (χ3n) is 5.95. The average Bonchev–Trinajstić information content (AvgIpc) is 2.87. The summed E-state index contributed by atoms with van der Waals surface area (Å²) in [5.41, 5.74) is 5.00. The topological polar surface area (TPSA) is 51.0 Å². The van der Waals surface area contributed by atoms with Gasteiger partial charge in [0.25, 0.3) is 0 Å². The third-order valence-corrected chi connectivity index (χ3v) is 5.95. The summed E-state index contributed by atoms with van der Waals surface area (Å²) in [4.78, 5) is 3.64. The first-order valence-electron chi connectivity index (χ1n) is 11.2. The van der Waals surface area contributed by atoms with Crippen molar-refractivity contribution in [1.82, 2.24) is 0 Å². The number of aromatic hydroxyl groups is 1. The fraction of sp³-hybridized carbons (Fsp3) is 0.167. The van der Waals surface area contributed by atoms with Crippen LogP contribution in [0.2, 0.25) is 0 Å². The molecule has 4 heteroatoms. The highest BCUT2D eigenvalue weighted by Crippen LogP contribution is 2.33. The zero-order valence-corrected chi connectivity index (χ0v) is 19.4. The maximum absolute atomic E-state index is 9.57. The highest BCUT2D eigenvalue weighted by Gasteiger charge is 2.23. The number of ether oxygens (including phenoxy) is 2. The predicted molar refractivity (Wildman–Crippen MR) is 136 cm³/mol. The Bertz CT molecular complexity index is 1230. The lowest BCUT2D eigenvalue weighted by Gasteiger charge is -2.26. The zero-order chi connectivity index (χ0) is 24.0. The molecule has 0 saturated carbocycles. The number of hydrogen-bond donors (Lipinski definition) is 1. The maximum Gasteiger partial charge on any atom is 0.119 e. The van der Waals surface area contributed by atoms with Crippen molar-refractivity contribution in [2.45, 2.75) is 32.5 Å². The Morgan fingerprint density at radius 2 is 1.18 bits per heavy atom. The van der Waals surface area contributed by atoms with Crippen molar-refractivity contribution >= 4 is 12.4 Å². The Hall–Kier alpha value is -4.05. The van der Waals surface area contributed by atoms with Gasteiger partial charge in [-0.05, 0) is 76.9 Å². The van der Waals surface area contributed by atoms with Gasteiger partial charge in [0.05, 0.1) is 5.69 Å². The van der Waals surface area contributed by atoms with Gasteiger partial charge in [-0.15, -0.1) is 0 Å². The molecule has 1 radical (unpaired) electrons. The van der Waals surface area contributed by atoms with Crippen LogP contribution >= 0.6 is 0 Å². The monoisotopic (exact) mass is 450 g/mol. The van der Waals surface area contributed by atoms with Gasteiger partial charge in [0.15, 0.2) is 0 Å². The highest BCUT2D eigenvalue weighted by atomic mass is 16.5. The first-order chi connectivity index (χ1) is 16.4. The van der Waals surface area contributed by atoms with E-state index in [1.165, 1.54) is 5.56 Å². The molecular weight excluding hydrogens is 422 g/mol. The predicted octanol–water partition coefficient (Wildman–Crippen LogP) is 7.09. The van der Waals surface area contributed by atoms with E-state index in [2.05, 4.69) is 37.0 Å². The smallest absolute Gasteiger partial charge is 0.119 e. The van der Waals surface area contributed by atoms with E-state index in [4.69, 9.17) is 16.2 Å². The molecule has 1 N–H and O–H groups in total. The maximum atomic E-state index is 9.57. The van der Waals surface area contributed by atoms with E-state index in [-0.39, 0.29) is 11.2 Å². The van der Waals surface area contributed by atoms with E-state index in [0.29, 0.717) is 18.9 Å². The molecule has 0 aliphatic heterocycles. The number of phenolic OH excluding ortho intramolecular Hbond substituents is 1. The summed E-state index contributed by atoms with van der Waals surface area (Å²) in [5, 5.41) is 9.57. The molecule has 0 spiro atoms. The molecule has 4 nitrogen and oxygen atoms in total. The van der Waals surface area contributed by atoms with Gasteiger partial charge in [0.1, 0.15) is 30.5 Å². The second kappa shape index (κ2) is 10.3. The lowest BCUT2D eigenvalue weighted by atomic mass is 9.78. The van der Waals surface area contributed by atoms with Gasteiger partial charge in [0, 0.05) is 12.1 Å². The molecule has 4 rings (SSSR count). The minimum absolute atomic E-state index is 0.181. The number of rotatable bonds is 9. The average molecular weight is 451 g/mol. The minimum Gasteiger partial charge on any atom is -0.508 e. The van der Waals surface area contributed by atoms with Crippen LogP contribution in [0.15, 0.2) is 102 Å². The van der Waals surface area contributed by atoms with E-state index >= 15 is 0 Å². The van der Waals surface area contributed by atoms with Crippen molar-refractivity contribution in [1.29, 1.82) is 0 Å². The molecule has 34 heavy (non-hydrogen) atoms. The van der Waals surface area contributed by atoms with Gasteiger partial charge in [-0.25, -0.2) is 0 Å². The van der Waals surface area contributed by atoms with Gasteiger partial charge in [-0.3, -0.25) is 4.99 Å². The summed E-state index contributed by atoms with van der Waals surface area (Å²) in [6, 6.07) is 31.1. The fourth-order valence-electron chi connectivity index (χ4n) is 3.78. The molecule has 0 unspecified atom stereocenters. The Kier molecular flexibility index (Phi) is 6.98. The molecule has 0 saturated heterocycles. The molecule has 0 aromatic heterocycles. The summed E-state index contributed by atoms with van der Waals surface area (Å²) in [5.74, 6) is 1.86. The molecule has 4 aromatic rings. The minimum atomic E-state index is -0.181. The van der Waals surface area contributed by atoms with Crippen molar-refractivity contribution in [3.8, 4) is 17.2 Å². The molecule has 0 bridgehead atoms. The summed E-state index contributed by atoms with van der Waals surface area (Å²) < 4.78 is 11.9. The van der Waals surface area contributed by atoms with Gasteiger partial charge in [-0.1, -0.05) is 56.3 Å². The van der Waals surface area contributed by atoms with E-state index in [9.17, 15) is 5.11 Å². The van der Waals surface area contributed by atoms with Crippen LogP contribution < -0.4 is 9.47 Å². The molecule has 171 valence electrons. The summed E-state index contributed by atoms with van der Waals surface area (Å²) in [7, 11) is 0. The molecule has 4 aromatic carbocycles. The number of aliphatic imine (C=N–C) groups is 1. The first kappa shape index (κ1) is 23.1. The van der Waals surface area contributed by atoms with E-state index in [1.807, 2.05) is 66.7 Å². The van der Waals surface area contributed by atoms with Crippen molar-refractivity contribution in [2.24, 2.45) is 4.99 Å².